The summed E-state index contributed by atoms with van der Waals surface area (Å²) in [5, 5.41) is 47.8. The highest BCUT2D eigenvalue weighted by molar-refractivity contribution is 7.18. The molecule has 4 aromatic rings. The third kappa shape index (κ3) is 5.90. The zero-order valence-corrected chi connectivity index (χ0v) is 25.3. The SMILES string of the molecule is CC(C)(O)c1cc(Nc2cc3c(cn2)n(C(O)(O)O)c(=O)n3C2CC[C@](C)(NC(=O)C3CC3)C2)nc(-c2ncc(Cl)s2)c1. The Morgan fingerprint density at radius 1 is 1.07 bits per heavy atom. The van der Waals surface area contributed by atoms with Crippen LogP contribution in [0.2, 0.25) is 4.34 Å². The molecule has 4 aromatic heterocycles. The van der Waals surface area contributed by atoms with Crippen LogP contribution in [-0.4, -0.2) is 56.0 Å². The molecule has 0 aliphatic heterocycles. The van der Waals surface area contributed by atoms with Crippen molar-refractivity contribution in [1.29, 1.82) is 0 Å². The third-order valence-electron chi connectivity index (χ3n) is 8.00. The topological polar surface area (TPSA) is 188 Å². The number of hydrogen-bond donors (Lipinski definition) is 6. The highest BCUT2D eigenvalue weighted by Crippen LogP contribution is 2.40. The average Bonchev–Trinajstić information content (AvgIpc) is 3.46. The summed E-state index contributed by atoms with van der Waals surface area (Å²) in [5.74, 6) is 0.645. The normalized spacial score (nSPS) is 21.0. The summed E-state index contributed by atoms with van der Waals surface area (Å²) < 4.78 is 2.35. The Morgan fingerprint density at radius 3 is 2.44 bits per heavy atom. The van der Waals surface area contributed by atoms with Gasteiger partial charge in [0.05, 0.1) is 29.0 Å². The molecule has 43 heavy (non-hydrogen) atoms. The molecule has 228 valence electrons. The lowest BCUT2D eigenvalue weighted by molar-refractivity contribution is -0.374. The molecule has 2 aliphatic rings. The molecular weight excluding hydrogens is 598 g/mol. The molecule has 0 radical (unpaired) electrons. The molecule has 2 atom stereocenters. The van der Waals surface area contributed by atoms with Crippen molar-refractivity contribution in [2.75, 3.05) is 5.32 Å². The predicted molar refractivity (Wildman–Crippen MR) is 160 cm³/mol. The van der Waals surface area contributed by atoms with Crippen LogP contribution in [0.15, 0.2) is 35.4 Å². The number of hydrogen-bond acceptors (Lipinski definition) is 11. The van der Waals surface area contributed by atoms with Gasteiger partial charge in [-0.25, -0.2) is 24.3 Å². The van der Waals surface area contributed by atoms with E-state index < -0.39 is 29.0 Å². The quantitative estimate of drug-likeness (QED) is 0.158. The minimum atomic E-state index is -3.47. The molecule has 2 saturated carbocycles. The second-order valence-corrected chi connectivity index (χ2v) is 13.8. The minimum absolute atomic E-state index is 0.00464. The number of fused-ring (bicyclic) bond motifs is 1. The summed E-state index contributed by atoms with van der Waals surface area (Å²) in [6, 6.07) is 4.53. The second kappa shape index (κ2) is 10.4. The number of rotatable bonds is 8. The number of nitrogens with zero attached hydrogens (tertiary/aromatic N) is 5. The van der Waals surface area contributed by atoms with E-state index in [1.54, 1.807) is 32.0 Å². The zero-order valence-electron chi connectivity index (χ0n) is 23.7. The van der Waals surface area contributed by atoms with Gasteiger partial charge in [0.2, 0.25) is 5.91 Å². The van der Waals surface area contributed by atoms with E-state index in [1.165, 1.54) is 28.3 Å². The van der Waals surface area contributed by atoms with E-state index in [-0.39, 0.29) is 28.7 Å². The number of anilines is 2. The van der Waals surface area contributed by atoms with Crippen LogP contribution in [-0.2, 0) is 16.5 Å². The van der Waals surface area contributed by atoms with E-state index in [0.29, 0.717) is 50.2 Å². The molecule has 0 aromatic carbocycles. The molecule has 2 aliphatic carbocycles. The predicted octanol–water partition coefficient (Wildman–Crippen LogP) is 2.90. The summed E-state index contributed by atoms with van der Waals surface area (Å²) in [6.07, 6.45) is 2.63. The molecule has 4 heterocycles. The molecule has 2 fully saturated rings. The number of carbonyl (C=O) groups is 1. The minimum Gasteiger partial charge on any atom is -0.386 e. The summed E-state index contributed by atoms with van der Waals surface area (Å²) >= 11 is 7.33. The number of thiazole rings is 1. The standard InChI is InChI=1S/C28H32ClN7O6S/c1-26(2,39)15-8-17(24-31-13-20(29)43-24)32-22(9-15)33-21-10-18-19(12-30-21)36(28(40,41)42)25(38)35(18)16-6-7-27(3,11-16)34-23(37)14-4-5-14/h8-10,12-14,16,39-42H,4-7,11H2,1-3H3,(H,34,37)(H,30,32,33)/t16?,27-/m0/s1. The van der Waals surface area contributed by atoms with Crippen LogP contribution in [0.3, 0.4) is 0 Å². The van der Waals surface area contributed by atoms with Crippen molar-refractivity contribution in [2.24, 2.45) is 5.92 Å². The van der Waals surface area contributed by atoms with Gasteiger partial charge in [-0.1, -0.05) is 11.6 Å². The molecule has 6 N–H and O–H groups in total. The number of imidazole rings is 1. The lowest BCUT2D eigenvalue weighted by atomic mass is 9.98. The van der Waals surface area contributed by atoms with Crippen LogP contribution >= 0.6 is 22.9 Å². The number of pyridine rings is 2. The number of nitrogens with one attached hydrogen (secondary N) is 2. The van der Waals surface area contributed by atoms with Gasteiger partial charge in [0.1, 0.15) is 26.7 Å². The van der Waals surface area contributed by atoms with Gasteiger partial charge in [-0.05, 0) is 70.6 Å². The smallest absolute Gasteiger partial charge is 0.377 e. The number of halogens is 1. The van der Waals surface area contributed by atoms with Crippen molar-refractivity contribution in [1.82, 2.24) is 29.4 Å². The Labute approximate surface area is 254 Å². The van der Waals surface area contributed by atoms with Crippen LogP contribution in [0.5, 0.6) is 0 Å². The van der Waals surface area contributed by atoms with Gasteiger partial charge in [0.15, 0.2) is 0 Å². The molecule has 0 bridgehead atoms. The fourth-order valence-electron chi connectivity index (χ4n) is 5.68. The number of aliphatic hydroxyl groups is 4. The van der Waals surface area contributed by atoms with Gasteiger partial charge in [0, 0.05) is 23.6 Å². The van der Waals surface area contributed by atoms with E-state index in [2.05, 4.69) is 25.6 Å². The molecule has 13 nitrogen and oxygen atoms in total. The van der Waals surface area contributed by atoms with Crippen molar-refractivity contribution >= 4 is 51.5 Å². The first-order valence-electron chi connectivity index (χ1n) is 13.9. The molecule has 1 unspecified atom stereocenters. The Balaban J connectivity index is 1.39. The lowest BCUT2D eigenvalue weighted by Crippen LogP contribution is -2.45. The maximum absolute atomic E-state index is 13.6. The third-order valence-corrected chi connectivity index (χ3v) is 9.14. The second-order valence-electron chi connectivity index (χ2n) is 12.1. The number of aromatic nitrogens is 5. The van der Waals surface area contributed by atoms with Crippen molar-refractivity contribution in [3.05, 3.63) is 51.0 Å². The summed E-state index contributed by atoms with van der Waals surface area (Å²) in [7, 11) is 0. The fraction of sp³-hybridized carbons (Fsp3) is 0.464. The lowest BCUT2D eigenvalue weighted by Gasteiger charge is -2.26. The van der Waals surface area contributed by atoms with Crippen LogP contribution in [0.1, 0.15) is 64.5 Å². The molecular formula is C28H32ClN7O6S. The van der Waals surface area contributed by atoms with Gasteiger partial charge in [-0.3, -0.25) is 9.36 Å². The maximum atomic E-state index is 13.6. The van der Waals surface area contributed by atoms with Gasteiger partial charge in [-0.2, -0.15) is 0 Å². The van der Waals surface area contributed by atoms with Crippen LogP contribution in [0.4, 0.5) is 11.6 Å². The van der Waals surface area contributed by atoms with Crippen LogP contribution in [0, 0.1) is 5.92 Å². The maximum Gasteiger partial charge on any atom is 0.377 e. The van der Waals surface area contributed by atoms with Gasteiger partial charge >= 0.3 is 11.8 Å². The zero-order chi connectivity index (χ0) is 30.9. The monoisotopic (exact) mass is 629 g/mol. The first kappa shape index (κ1) is 29.7. The number of carbonyl (C=O) groups excluding carboxylic acids is 1. The first-order valence-corrected chi connectivity index (χ1v) is 15.1. The Hall–Kier alpha value is -3.40. The van der Waals surface area contributed by atoms with Crippen molar-refractivity contribution in [3.63, 3.8) is 0 Å². The van der Waals surface area contributed by atoms with E-state index in [9.17, 15) is 30.0 Å². The van der Waals surface area contributed by atoms with E-state index in [1.807, 2.05) is 6.92 Å². The molecule has 1 amide bonds. The summed E-state index contributed by atoms with van der Waals surface area (Å²) in [4.78, 5) is 39.3. The van der Waals surface area contributed by atoms with E-state index >= 15 is 0 Å². The van der Waals surface area contributed by atoms with E-state index in [4.69, 9.17) is 11.6 Å². The van der Waals surface area contributed by atoms with Crippen molar-refractivity contribution in [3.8, 4) is 10.7 Å². The first-order chi connectivity index (χ1) is 20.1. The Kier molecular flexibility index (Phi) is 7.14. The molecule has 15 heteroatoms. The number of amides is 1. The highest BCUT2D eigenvalue weighted by atomic mass is 35.5. The molecule has 6 rings (SSSR count). The summed E-state index contributed by atoms with van der Waals surface area (Å²) in [5.41, 5.74) is -1.27. The molecule has 0 spiro atoms. The molecule has 0 saturated heterocycles. The van der Waals surface area contributed by atoms with Crippen molar-refractivity contribution < 1.29 is 25.2 Å². The fourth-order valence-corrected chi connectivity index (χ4v) is 6.55. The van der Waals surface area contributed by atoms with Crippen LogP contribution in [0.25, 0.3) is 21.7 Å². The van der Waals surface area contributed by atoms with Crippen LogP contribution < -0.4 is 16.3 Å². The van der Waals surface area contributed by atoms with E-state index in [0.717, 1.165) is 12.8 Å². The average molecular weight is 630 g/mol. The van der Waals surface area contributed by atoms with Gasteiger partial charge in [0.25, 0.3) is 0 Å². The van der Waals surface area contributed by atoms with Gasteiger partial charge < -0.3 is 31.1 Å². The largest absolute Gasteiger partial charge is 0.386 e. The highest BCUT2D eigenvalue weighted by Gasteiger charge is 2.42. The van der Waals surface area contributed by atoms with Crippen molar-refractivity contribution in [2.45, 2.75) is 76.2 Å². The Morgan fingerprint density at radius 2 is 1.81 bits per heavy atom. The Bertz CT molecular complexity index is 1780. The van der Waals surface area contributed by atoms with Gasteiger partial charge in [-0.15, -0.1) is 11.3 Å². The summed E-state index contributed by atoms with van der Waals surface area (Å²) in [6.45, 7) is 5.22.